The maximum absolute atomic E-state index is 14.1. The van der Waals surface area contributed by atoms with Crippen LogP contribution in [0.5, 0.6) is 0 Å². The molecule has 1 atom stereocenters. The van der Waals surface area contributed by atoms with Crippen molar-refractivity contribution in [2.24, 2.45) is 0 Å². The number of halogens is 1. The first-order chi connectivity index (χ1) is 8.87. The fourth-order valence-electron chi connectivity index (χ4n) is 2.39. The fraction of sp³-hybridized carbons (Fsp3) is 0.600. The number of nitrogens with zero attached hydrogens (tertiary/aromatic N) is 1. The van der Waals surface area contributed by atoms with Crippen LogP contribution in [0.2, 0.25) is 0 Å². The smallest absolute Gasteiger partial charge is 0.146 e. The minimum Gasteiger partial charge on any atom is -0.388 e. The van der Waals surface area contributed by atoms with E-state index in [-0.39, 0.29) is 5.82 Å². The third-order valence-corrected chi connectivity index (χ3v) is 3.52. The third kappa shape index (κ3) is 3.67. The molecule has 1 saturated heterocycles. The van der Waals surface area contributed by atoms with Crippen LogP contribution in [0.15, 0.2) is 18.2 Å². The van der Waals surface area contributed by atoms with Gasteiger partial charge in [0.2, 0.25) is 0 Å². The Bertz CT molecular complexity index is 446. The predicted octanol–water partition coefficient (Wildman–Crippen LogP) is 2.28. The third-order valence-electron chi connectivity index (χ3n) is 3.52. The van der Waals surface area contributed by atoms with Gasteiger partial charge in [0.05, 0.1) is 11.3 Å². The molecule has 19 heavy (non-hydrogen) atoms. The Labute approximate surface area is 114 Å². The second kappa shape index (κ2) is 5.47. The van der Waals surface area contributed by atoms with Gasteiger partial charge >= 0.3 is 0 Å². The molecule has 1 aliphatic heterocycles. The summed E-state index contributed by atoms with van der Waals surface area (Å²) in [6.45, 7) is 7.80. The zero-order chi connectivity index (χ0) is 14.0. The largest absolute Gasteiger partial charge is 0.388 e. The molecule has 0 amide bonds. The number of aliphatic hydroxyl groups is 1. The second-order valence-electron chi connectivity index (χ2n) is 5.99. The van der Waals surface area contributed by atoms with E-state index in [2.05, 4.69) is 19.2 Å². The van der Waals surface area contributed by atoms with Crippen LogP contribution in [0.3, 0.4) is 0 Å². The number of hydrogen-bond donors (Lipinski definition) is 2. The first-order valence-electron chi connectivity index (χ1n) is 6.86. The molecule has 4 heteroatoms. The van der Waals surface area contributed by atoms with Crippen molar-refractivity contribution >= 4 is 5.69 Å². The molecule has 106 valence electrons. The van der Waals surface area contributed by atoms with Crippen molar-refractivity contribution in [2.75, 3.05) is 18.0 Å². The summed E-state index contributed by atoms with van der Waals surface area (Å²) in [6.07, 6.45) is 0.684. The summed E-state index contributed by atoms with van der Waals surface area (Å²) in [6, 6.07) is 5.73. The molecule has 3 nitrogen and oxygen atoms in total. The minimum absolute atomic E-state index is 0.208. The lowest BCUT2D eigenvalue weighted by molar-refractivity contribution is 0.0839. The van der Waals surface area contributed by atoms with Crippen LogP contribution in [0.1, 0.15) is 32.8 Å². The first-order valence-corrected chi connectivity index (χ1v) is 6.86. The summed E-state index contributed by atoms with van der Waals surface area (Å²) in [7, 11) is 0. The lowest BCUT2D eigenvalue weighted by Gasteiger charge is -2.21. The molecule has 0 radical (unpaired) electrons. The topological polar surface area (TPSA) is 35.5 Å². The van der Waals surface area contributed by atoms with Crippen molar-refractivity contribution in [1.82, 2.24) is 5.32 Å². The summed E-state index contributed by atoms with van der Waals surface area (Å²) in [5.74, 6) is -0.208. The number of nitrogens with one attached hydrogen (secondary N) is 1. The van der Waals surface area contributed by atoms with Crippen LogP contribution in [0, 0.1) is 5.82 Å². The molecule has 0 aromatic heterocycles. The van der Waals surface area contributed by atoms with Crippen molar-refractivity contribution in [3.8, 4) is 0 Å². The van der Waals surface area contributed by atoms with E-state index in [9.17, 15) is 9.50 Å². The van der Waals surface area contributed by atoms with E-state index in [1.54, 1.807) is 13.0 Å². The van der Waals surface area contributed by atoms with E-state index < -0.39 is 5.60 Å². The Morgan fingerprint density at radius 2 is 2.21 bits per heavy atom. The lowest BCUT2D eigenvalue weighted by atomic mass is 10.1. The van der Waals surface area contributed by atoms with Crippen molar-refractivity contribution < 1.29 is 9.50 Å². The van der Waals surface area contributed by atoms with Gasteiger partial charge in [0.15, 0.2) is 0 Å². The van der Waals surface area contributed by atoms with Gasteiger partial charge in [-0.1, -0.05) is 19.9 Å². The summed E-state index contributed by atoms with van der Waals surface area (Å²) in [4.78, 5) is 1.91. The summed E-state index contributed by atoms with van der Waals surface area (Å²) in [5, 5.41) is 13.2. The van der Waals surface area contributed by atoms with Crippen LogP contribution >= 0.6 is 0 Å². The average Bonchev–Trinajstić information content (AvgIpc) is 2.67. The monoisotopic (exact) mass is 266 g/mol. The quantitative estimate of drug-likeness (QED) is 0.877. The van der Waals surface area contributed by atoms with Gasteiger partial charge in [-0.3, -0.25) is 0 Å². The predicted molar refractivity (Wildman–Crippen MR) is 75.8 cm³/mol. The van der Waals surface area contributed by atoms with E-state index in [1.165, 1.54) is 0 Å². The Morgan fingerprint density at radius 1 is 1.47 bits per heavy atom. The number of hydrogen-bond acceptors (Lipinski definition) is 3. The van der Waals surface area contributed by atoms with Crippen molar-refractivity contribution in [2.45, 2.75) is 45.4 Å². The zero-order valence-electron chi connectivity index (χ0n) is 11.9. The van der Waals surface area contributed by atoms with Gasteiger partial charge in [0.25, 0.3) is 0 Å². The average molecular weight is 266 g/mol. The number of benzene rings is 1. The molecule has 1 aliphatic rings. The Hall–Kier alpha value is -1.13. The van der Waals surface area contributed by atoms with Crippen molar-refractivity contribution in [1.29, 1.82) is 0 Å². The number of rotatable bonds is 4. The number of anilines is 1. The van der Waals surface area contributed by atoms with Crippen LogP contribution in [-0.4, -0.2) is 29.8 Å². The van der Waals surface area contributed by atoms with Gasteiger partial charge in [-0.05, 0) is 31.0 Å². The molecule has 0 spiro atoms. The Morgan fingerprint density at radius 3 is 2.74 bits per heavy atom. The van der Waals surface area contributed by atoms with Gasteiger partial charge in [-0.25, -0.2) is 4.39 Å². The van der Waals surface area contributed by atoms with Gasteiger partial charge in [0.1, 0.15) is 5.82 Å². The van der Waals surface area contributed by atoms with E-state index >= 15 is 0 Å². The standard InChI is InChI=1S/C15H23FN2O/c1-11(2)17-9-12-4-5-14(13(16)8-12)18-7-6-15(3,19)10-18/h4-5,8,11,17,19H,6-7,9-10H2,1-3H3. The van der Waals surface area contributed by atoms with Gasteiger partial charge in [-0.2, -0.15) is 0 Å². The van der Waals surface area contributed by atoms with E-state index in [4.69, 9.17) is 0 Å². The molecule has 1 aromatic rings. The van der Waals surface area contributed by atoms with Crippen LogP contribution < -0.4 is 10.2 Å². The highest BCUT2D eigenvalue weighted by atomic mass is 19.1. The van der Waals surface area contributed by atoms with Crippen molar-refractivity contribution in [3.05, 3.63) is 29.6 Å². The van der Waals surface area contributed by atoms with Crippen LogP contribution in [0.25, 0.3) is 0 Å². The molecular formula is C15H23FN2O. The molecule has 0 aliphatic carbocycles. The van der Waals surface area contributed by atoms with Gasteiger partial charge in [0, 0.05) is 25.7 Å². The molecule has 1 unspecified atom stereocenters. The highest BCUT2D eigenvalue weighted by Gasteiger charge is 2.32. The molecular weight excluding hydrogens is 243 g/mol. The van der Waals surface area contributed by atoms with Gasteiger partial charge < -0.3 is 15.3 Å². The molecule has 0 bridgehead atoms. The summed E-state index contributed by atoms with van der Waals surface area (Å²) in [5.41, 5.74) is 0.830. The Kier molecular flexibility index (Phi) is 4.11. The SMILES string of the molecule is CC(C)NCc1ccc(N2CCC(C)(O)C2)c(F)c1. The molecule has 1 heterocycles. The highest BCUT2D eigenvalue weighted by Crippen LogP contribution is 2.28. The first kappa shape index (κ1) is 14.3. The molecule has 1 fully saturated rings. The van der Waals surface area contributed by atoms with Crippen LogP contribution in [0.4, 0.5) is 10.1 Å². The maximum atomic E-state index is 14.1. The molecule has 0 saturated carbocycles. The number of β-amino-alcohol motifs (C(OH)–C–C–N with tert-alkyl or cyclic N) is 1. The van der Waals surface area contributed by atoms with E-state index in [0.29, 0.717) is 37.8 Å². The lowest BCUT2D eigenvalue weighted by Crippen LogP contribution is -2.30. The summed E-state index contributed by atoms with van der Waals surface area (Å²) >= 11 is 0. The molecule has 2 N–H and O–H groups in total. The highest BCUT2D eigenvalue weighted by molar-refractivity contribution is 5.50. The van der Waals surface area contributed by atoms with E-state index in [1.807, 2.05) is 17.0 Å². The second-order valence-corrected chi connectivity index (χ2v) is 5.99. The minimum atomic E-state index is -0.704. The fourth-order valence-corrected chi connectivity index (χ4v) is 2.39. The molecule has 1 aromatic carbocycles. The van der Waals surface area contributed by atoms with Crippen molar-refractivity contribution in [3.63, 3.8) is 0 Å². The maximum Gasteiger partial charge on any atom is 0.146 e. The normalized spacial score (nSPS) is 23.4. The molecule has 2 rings (SSSR count). The van der Waals surface area contributed by atoms with E-state index in [0.717, 1.165) is 5.56 Å². The zero-order valence-corrected chi connectivity index (χ0v) is 11.9. The van der Waals surface area contributed by atoms with Gasteiger partial charge in [-0.15, -0.1) is 0 Å². The Balaban J connectivity index is 2.07. The summed E-state index contributed by atoms with van der Waals surface area (Å²) < 4.78 is 14.1. The van der Waals surface area contributed by atoms with Crippen LogP contribution in [-0.2, 0) is 6.54 Å².